The van der Waals surface area contributed by atoms with Crippen molar-refractivity contribution in [2.24, 2.45) is 11.8 Å². The van der Waals surface area contributed by atoms with Crippen LogP contribution in [0.4, 0.5) is 13.2 Å². The molecule has 1 N–H and O–H groups in total. The van der Waals surface area contributed by atoms with Crippen LogP contribution in [0.25, 0.3) is 0 Å². The molecule has 2 aromatic heterocycles. The fourth-order valence-corrected chi connectivity index (χ4v) is 5.52. The van der Waals surface area contributed by atoms with Crippen LogP contribution < -0.4 is 0 Å². The maximum absolute atomic E-state index is 14.3. The van der Waals surface area contributed by atoms with Crippen molar-refractivity contribution in [3.63, 3.8) is 0 Å². The molecule has 3 atom stereocenters. The number of carbonyl (C=O) groups is 3. The lowest BCUT2D eigenvalue weighted by Crippen LogP contribution is -2.38. The van der Waals surface area contributed by atoms with Gasteiger partial charge in [-0.1, -0.05) is 49.9 Å². The van der Waals surface area contributed by atoms with Crippen LogP contribution in [-0.4, -0.2) is 55.5 Å². The van der Waals surface area contributed by atoms with Gasteiger partial charge in [0.1, 0.15) is 0 Å². The first-order valence-electron chi connectivity index (χ1n) is 12.4. The fraction of sp³-hybridized carbons (Fsp3) is 0.560. The number of carboxylic acid groups (broad SMARTS) is 1. The van der Waals surface area contributed by atoms with Gasteiger partial charge in [0.2, 0.25) is 0 Å². The fourth-order valence-electron chi connectivity index (χ4n) is 4.94. The molecule has 208 valence electrons. The number of pyridine rings is 1. The van der Waals surface area contributed by atoms with Gasteiger partial charge in [-0.25, -0.2) is 0 Å². The van der Waals surface area contributed by atoms with Crippen molar-refractivity contribution in [2.75, 3.05) is 13.1 Å². The molecule has 8 nitrogen and oxygen atoms in total. The van der Waals surface area contributed by atoms with Gasteiger partial charge >= 0.3 is 12.1 Å². The highest BCUT2D eigenvalue weighted by Crippen LogP contribution is 2.41. The summed E-state index contributed by atoms with van der Waals surface area (Å²) in [5.41, 5.74) is -1.93. The number of Topliss-reactive ketones (excluding diaryl/α,β-unsaturated/α-hetero) is 1. The zero-order valence-electron chi connectivity index (χ0n) is 21.0. The SMILES string of the molecule is CCCCCN(CC(=O)c1c(Cl)cncc1Cl)C(=O)c1cnn([C@H]2CC[C@H](C(=O)O)[C@H](C)C2)c1C(F)(F)F. The molecular formula is C25H29Cl2F3N4O4. The van der Waals surface area contributed by atoms with Gasteiger partial charge in [0.05, 0.1) is 45.9 Å². The van der Waals surface area contributed by atoms with Gasteiger partial charge in [0.25, 0.3) is 5.91 Å². The first-order valence-corrected chi connectivity index (χ1v) is 13.1. The highest BCUT2D eigenvalue weighted by molar-refractivity contribution is 6.39. The Morgan fingerprint density at radius 2 is 1.79 bits per heavy atom. The molecule has 0 spiro atoms. The highest BCUT2D eigenvalue weighted by atomic mass is 35.5. The van der Waals surface area contributed by atoms with E-state index in [9.17, 15) is 32.7 Å². The van der Waals surface area contributed by atoms with Crippen molar-refractivity contribution < 1.29 is 32.7 Å². The molecule has 1 saturated carbocycles. The number of nitrogens with zero attached hydrogens (tertiary/aromatic N) is 4. The van der Waals surface area contributed by atoms with Crippen LogP contribution in [0.2, 0.25) is 10.0 Å². The van der Waals surface area contributed by atoms with E-state index < -0.39 is 53.6 Å². The molecule has 13 heteroatoms. The molecule has 0 unspecified atom stereocenters. The van der Waals surface area contributed by atoms with Crippen LogP contribution in [0.15, 0.2) is 18.6 Å². The van der Waals surface area contributed by atoms with Crippen LogP contribution in [0, 0.1) is 11.8 Å². The average Bonchev–Trinajstić information content (AvgIpc) is 3.29. The van der Waals surface area contributed by atoms with Crippen LogP contribution in [0.3, 0.4) is 0 Å². The summed E-state index contributed by atoms with van der Waals surface area (Å²) in [6.07, 6.45) is 0.919. The molecule has 0 aliphatic heterocycles. The number of hydrogen-bond donors (Lipinski definition) is 1. The smallest absolute Gasteiger partial charge is 0.433 e. The second-order valence-corrected chi connectivity index (χ2v) is 10.4. The summed E-state index contributed by atoms with van der Waals surface area (Å²) in [7, 11) is 0. The Kier molecular flexibility index (Phi) is 9.80. The minimum absolute atomic E-state index is 0.0293. The average molecular weight is 577 g/mol. The van der Waals surface area contributed by atoms with E-state index in [1.165, 1.54) is 12.4 Å². The minimum Gasteiger partial charge on any atom is -0.481 e. The number of aliphatic carboxylic acids is 1. The Morgan fingerprint density at radius 1 is 1.13 bits per heavy atom. The monoisotopic (exact) mass is 576 g/mol. The van der Waals surface area contributed by atoms with Crippen LogP contribution in [0.1, 0.15) is 84.8 Å². The highest BCUT2D eigenvalue weighted by Gasteiger charge is 2.44. The largest absolute Gasteiger partial charge is 0.481 e. The number of unbranched alkanes of at least 4 members (excludes halogenated alkanes) is 2. The standard InChI is InChI=1S/C25H29Cl2F3N4O4/c1-3-4-5-8-33(13-20(35)21-18(26)11-31-12-19(21)27)23(36)17-10-32-34(22(17)25(28,29)30)15-6-7-16(24(37)38)14(2)9-15/h10-12,14-16H,3-9,13H2,1-2H3,(H,37,38)/t14-,15+,16+/m1/s1. The van der Waals surface area contributed by atoms with E-state index in [-0.39, 0.29) is 47.3 Å². The molecule has 2 aromatic rings. The van der Waals surface area contributed by atoms with E-state index in [2.05, 4.69) is 10.1 Å². The van der Waals surface area contributed by atoms with Crippen molar-refractivity contribution in [3.8, 4) is 0 Å². The first kappa shape index (κ1) is 29.9. The first-order chi connectivity index (χ1) is 17.9. The lowest BCUT2D eigenvalue weighted by molar-refractivity contribution is -0.149. The zero-order valence-corrected chi connectivity index (χ0v) is 22.5. The minimum atomic E-state index is -4.91. The molecule has 1 aliphatic carbocycles. The molecule has 0 bridgehead atoms. The van der Waals surface area contributed by atoms with Crippen molar-refractivity contribution >= 4 is 40.9 Å². The summed E-state index contributed by atoms with van der Waals surface area (Å²) in [4.78, 5) is 42.8. The normalized spacial score (nSPS) is 19.8. The van der Waals surface area contributed by atoms with Crippen molar-refractivity contribution in [2.45, 2.75) is 64.6 Å². The Morgan fingerprint density at radius 3 is 2.34 bits per heavy atom. The molecular weight excluding hydrogens is 548 g/mol. The molecule has 1 aliphatic rings. The van der Waals surface area contributed by atoms with E-state index in [1.54, 1.807) is 6.92 Å². The number of carboxylic acids is 1. The van der Waals surface area contributed by atoms with E-state index in [1.807, 2.05) is 6.92 Å². The number of carbonyl (C=O) groups excluding carboxylic acids is 2. The molecule has 0 radical (unpaired) electrons. The number of amides is 1. The van der Waals surface area contributed by atoms with Gasteiger partial charge in [0, 0.05) is 18.9 Å². The third-order valence-corrected chi connectivity index (χ3v) is 7.46. The van der Waals surface area contributed by atoms with Crippen molar-refractivity contribution in [1.29, 1.82) is 0 Å². The predicted molar refractivity (Wildman–Crippen MR) is 134 cm³/mol. The molecule has 38 heavy (non-hydrogen) atoms. The number of ketones is 1. The second-order valence-electron chi connectivity index (χ2n) is 9.57. The Hall–Kier alpha value is -2.66. The number of aromatic nitrogens is 3. The van der Waals surface area contributed by atoms with Crippen LogP contribution in [0.5, 0.6) is 0 Å². The molecule has 2 heterocycles. The Balaban J connectivity index is 1.95. The lowest BCUT2D eigenvalue weighted by Gasteiger charge is -2.33. The molecule has 0 aromatic carbocycles. The molecule has 1 fully saturated rings. The Labute approximate surface area is 228 Å². The lowest BCUT2D eigenvalue weighted by atomic mass is 9.78. The van der Waals surface area contributed by atoms with Gasteiger partial charge in [-0.05, 0) is 31.6 Å². The zero-order chi connectivity index (χ0) is 28.2. The molecule has 1 amide bonds. The summed E-state index contributed by atoms with van der Waals surface area (Å²) in [5, 5.41) is 13.2. The van der Waals surface area contributed by atoms with Gasteiger partial charge in [-0.2, -0.15) is 18.3 Å². The third-order valence-electron chi connectivity index (χ3n) is 6.88. The van der Waals surface area contributed by atoms with E-state index in [0.29, 0.717) is 12.8 Å². The van der Waals surface area contributed by atoms with Crippen LogP contribution >= 0.6 is 23.2 Å². The van der Waals surface area contributed by atoms with Crippen molar-refractivity contribution in [3.05, 3.63) is 45.5 Å². The number of hydrogen-bond acceptors (Lipinski definition) is 5. The molecule has 3 rings (SSSR count). The predicted octanol–water partition coefficient (Wildman–Crippen LogP) is 6.18. The summed E-state index contributed by atoms with van der Waals surface area (Å²) in [5.74, 6) is -3.61. The van der Waals surface area contributed by atoms with Gasteiger partial charge in [-0.3, -0.25) is 24.0 Å². The van der Waals surface area contributed by atoms with Gasteiger partial charge < -0.3 is 10.0 Å². The third kappa shape index (κ3) is 6.66. The topological polar surface area (TPSA) is 105 Å². The van der Waals surface area contributed by atoms with Crippen molar-refractivity contribution in [1.82, 2.24) is 19.7 Å². The van der Waals surface area contributed by atoms with E-state index >= 15 is 0 Å². The van der Waals surface area contributed by atoms with Gasteiger partial charge in [0.15, 0.2) is 11.5 Å². The summed E-state index contributed by atoms with van der Waals surface area (Å²) in [6.45, 7) is 3.13. The number of alkyl halides is 3. The second kappa shape index (κ2) is 12.5. The number of halogens is 5. The number of rotatable bonds is 10. The summed E-state index contributed by atoms with van der Waals surface area (Å²) in [6, 6.07) is -0.719. The summed E-state index contributed by atoms with van der Waals surface area (Å²) >= 11 is 12.2. The molecule has 0 saturated heterocycles. The Bertz CT molecular complexity index is 1170. The quantitative estimate of drug-likeness (QED) is 0.267. The van der Waals surface area contributed by atoms with Crippen LogP contribution in [-0.2, 0) is 11.0 Å². The summed E-state index contributed by atoms with van der Waals surface area (Å²) < 4.78 is 43.8. The maximum atomic E-state index is 14.3. The van der Waals surface area contributed by atoms with E-state index in [4.69, 9.17) is 23.2 Å². The van der Waals surface area contributed by atoms with E-state index in [0.717, 1.165) is 22.2 Å². The van der Waals surface area contributed by atoms with Gasteiger partial charge in [-0.15, -0.1) is 0 Å². The maximum Gasteiger partial charge on any atom is 0.433 e.